The molecule has 0 N–H and O–H groups in total. The highest BCUT2D eigenvalue weighted by Crippen LogP contribution is 2.60. The van der Waals surface area contributed by atoms with E-state index >= 15 is 0 Å². The number of hydrogen-bond donors (Lipinski definition) is 0. The second kappa shape index (κ2) is 9.48. The van der Waals surface area contributed by atoms with Crippen LogP contribution in [0, 0.1) is 0 Å². The van der Waals surface area contributed by atoms with Gasteiger partial charge in [-0.05, 0) is 6.42 Å². The molecule has 0 aliphatic heterocycles. The van der Waals surface area contributed by atoms with E-state index in [9.17, 15) is 71.8 Å². The van der Waals surface area contributed by atoms with Gasteiger partial charge in [-0.2, -0.15) is 57.1 Å². The standard InChI is InChI=1S/C13H11F13O4S/c14-8(15,3-4-31-5-30-7(29)2-1-6(27)28)9(16,17)10(18,19)11(20,21)12(22,23)13(24,25)26/h1-5H2,(H,27,28)/p-1. The maximum absolute atomic E-state index is 13.4. The number of carbonyl (C=O) groups excluding carboxylic acids is 2. The van der Waals surface area contributed by atoms with E-state index in [1.54, 1.807) is 0 Å². The Morgan fingerprint density at radius 2 is 1.16 bits per heavy atom. The van der Waals surface area contributed by atoms with E-state index in [4.69, 9.17) is 0 Å². The number of carboxylic acid groups (broad SMARTS) is 1. The molecule has 0 spiro atoms. The smallest absolute Gasteiger partial charge is 0.460 e. The van der Waals surface area contributed by atoms with Crippen molar-refractivity contribution in [3.63, 3.8) is 0 Å². The Balaban J connectivity index is 5.21. The van der Waals surface area contributed by atoms with Crippen LogP contribution in [0.5, 0.6) is 0 Å². The largest absolute Gasteiger partial charge is 0.550 e. The minimum Gasteiger partial charge on any atom is -0.550 e. The number of hydrogen-bond acceptors (Lipinski definition) is 5. The normalized spacial score (nSPS) is 14.5. The van der Waals surface area contributed by atoms with E-state index in [-0.39, 0.29) is 11.8 Å². The highest BCUT2D eigenvalue weighted by atomic mass is 32.2. The summed E-state index contributed by atoms with van der Waals surface area (Å²) in [6.07, 6.45) is -11.4. The van der Waals surface area contributed by atoms with Crippen LogP contribution in [0.15, 0.2) is 0 Å². The second-order valence-electron chi connectivity index (χ2n) is 5.66. The zero-order valence-electron chi connectivity index (χ0n) is 14.5. The van der Waals surface area contributed by atoms with Crippen molar-refractivity contribution in [3.05, 3.63) is 0 Å². The minimum absolute atomic E-state index is 0.00676. The molecule has 0 heterocycles. The van der Waals surface area contributed by atoms with Gasteiger partial charge < -0.3 is 14.6 Å². The quantitative estimate of drug-likeness (QED) is 0.173. The summed E-state index contributed by atoms with van der Waals surface area (Å²) in [6.45, 7) is 0. The van der Waals surface area contributed by atoms with Gasteiger partial charge in [-0.1, -0.05) is 0 Å². The molecule has 0 bridgehead atoms. The molecule has 0 atom stereocenters. The van der Waals surface area contributed by atoms with E-state index < -0.39 is 78.7 Å². The molecular weight excluding hydrogens is 499 g/mol. The number of esters is 1. The van der Waals surface area contributed by atoms with Gasteiger partial charge in [0.2, 0.25) is 0 Å². The molecule has 0 aromatic heterocycles. The summed E-state index contributed by atoms with van der Waals surface area (Å²) in [5.41, 5.74) is 0. The Kier molecular flexibility index (Phi) is 8.98. The first-order valence-corrected chi connectivity index (χ1v) is 8.60. The molecule has 18 heteroatoms. The van der Waals surface area contributed by atoms with Gasteiger partial charge in [0, 0.05) is 18.1 Å². The van der Waals surface area contributed by atoms with E-state index in [1.807, 2.05) is 0 Å². The van der Waals surface area contributed by atoms with Gasteiger partial charge in [0.1, 0.15) is 5.94 Å². The molecule has 0 aromatic rings. The lowest BCUT2D eigenvalue weighted by molar-refractivity contribution is -0.439. The average molecular weight is 509 g/mol. The van der Waals surface area contributed by atoms with E-state index in [0.29, 0.717) is 0 Å². The van der Waals surface area contributed by atoms with Crippen LogP contribution in [0.25, 0.3) is 0 Å². The van der Waals surface area contributed by atoms with Crippen molar-refractivity contribution < 1.29 is 76.5 Å². The van der Waals surface area contributed by atoms with Crippen molar-refractivity contribution in [1.82, 2.24) is 0 Å². The van der Waals surface area contributed by atoms with Gasteiger partial charge in [0.05, 0.1) is 6.42 Å². The van der Waals surface area contributed by atoms with E-state index in [1.165, 1.54) is 0 Å². The highest BCUT2D eigenvalue weighted by molar-refractivity contribution is 7.99. The summed E-state index contributed by atoms with van der Waals surface area (Å²) in [4.78, 5) is 21.0. The van der Waals surface area contributed by atoms with Crippen LogP contribution in [0.4, 0.5) is 57.1 Å². The SMILES string of the molecule is O=C([O-])CCC(=O)OCSCCC(F)(F)C(F)(F)C(F)(F)C(F)(F)C(F)(F)C(F)(F)F. The lowest BCUT2D eigenvalue weighted by Gasteiger charge is -2.39. The lowest BCUT2D eigenvalue weighted by Crippen LogP contribution is -2.70. The number of ether oxygens (including phenoxy) is 1. The molecule has 184 valence electrons. The Morgan fingerprint density at radius 3 is 1.58 bits per heavy atom. The van der Waals surface area contributed by atoms with Gasteiger partial charge in [0.25, 0.3) is 0 Å². The molecule has 0 saturated carbocycles. The lowest BCUT2D eigenvalue weighted by atomic mass is 9.93. The van der Waals surface area contributed by atoms with Crippen LogP contribution >= 0.6 is 11.8 Å². The monoisotopic (exact) mass is 509 g/mol. The van der Waals surface area contributed by atoms with Gasteiger partial charge in [-0.15, -0.1) is 11.8 Å². The number of alkyl halides is 13. The number of carbonyl (C=O) groups is 2. The van der Waals surface area contributed by atoms with E-state index in [0.717, 1.165) is 0 Å². The number of carboxylic acids is 1. The third-order valence-corrected chi connectivity index (χ3v) is 4.17. The first kappa shape index (κ1) is 29.4. The van der Waals surface area contributed by atoms with Crippen LogP contribution in [-0.4, -0.2) is 59.4 Å². The summed E-state index contributed by atoms with van der Waals surface area (Å²) >= 11 is 0.00676. The number of halogens is 13. The maximum Gasteiger partial charge on any atom is 0.460 e. The van der Waals surface area contributed by atoms with E-state index in [2.05, 4.69) is 4.74 Å². The first-order valence-electron chi connectivity index (χ1n) is 7.45. The average Bonchev–Trinajstić information content (AvgIpc) is 2.57. The predicted molar refractivity (Wildman–Crippen MR) is 73.1 cm³/mol. The summed E-state index contributed by atoms with van der Waals surface area (Å²) in [6, 6.07) is 0. The molecule has 0 radical (unpaired) electrons. The zero-order valence-corrected chi connectivity index (χ0v) is 15.3. The predicted octanol–water partition coefficient (Wildman–Crippen LogP) is 3.88. The fraction of sp³-hybridized carbons (Fsp3) is 0.846. The number of rotatable bonds is 12. The molecule has 0 aromatic carbocycles. The van der Waals surface area contributed by atoms with Crippen molar-refractivity contribution in [2.45, 2.75) is 55.1 Å². The van der Waals surface area contributed by atoms with Crippen molar-refractivity contribution in [2.24, 2.45) is 0 Å². The van der Waals surface area contributed by atoms with Gasteiger partial charge >= 0.3 is 41.8 Å². The fourth-order valence-electron chi connectivity index (χ4n) is 1.60. The summed E-state index contributed by atoms with van der Waals surface area (Å²) in [5, 5.41) is 10.1. The van der Waals surface area contributed by atoms with Crippen molar-refractivity contribution in [3.8, 4) is 0 Å². The molecule has 0 amide bonds. The Labute approximate surface area is 168 Å². The molecule has 0 fully saturated rings. The van der Waals surface area contributed by atoms with Crippen molar-refractivity contribution >= 4 is 23.7 Å². The maximum atomic E-state index is 13.4. The van der Waals surface area contributed by atoms with Crippen molar-refractivity contribution in [1.29, 1.82) is 0 Å². The Hall–Kier alpha value is -1.62. The number of aliphatic carboxylic acids is 1. The topological polar surface area (TPSA) is 66.4 Å². The van der Waals surface area contributed by atoms with Crippen LogP contribution in [0.1, 0.15) is 19.3 Å². The third-order valence-electron chi connectivity index (χ3n) is 3.40. The van der Waals surface area contributed by atoms with Crippen LogP contribution in [0.2, 0.25) is 0 Å². The molecule has 0 rings (SSSR count). The molecule has 31 heavy (non-hydrogen) atoms. The van der Waals surface area contributed by atoms with Gasteiger partial charge in [-0.3, -0.25) is 4.79 Å². The molecule has 4 nitrogen and oxygen atoms in total. The molecule has 0 aliphatic rings. The molecular formula is C13H10F13O4S-. The Morgan fingerprint density at radius 1 is 0.710 bits per heavy atom. The minimum atomic E-state index is -7.95. The molecule has 0 aliphatic carbocycles. The summed E-state index contributed by atoms with van der Waals surface area (Å²) in [5.74, 6) is -42.3. The number of thioether (sulfide) groups is 1. The zero-order chi connectivity index (χ0) is 25.1. The van der Waals surface area contributed by atoms with Crippen molar-refractivity contribution in [2.75, 3.05) is 11.7 Å². The van der Waals surface area contributed by atoms with Crippen LogP contribution < -0.4 is 5.11 Å². The first-order chi connectivity index (χ1) is 13.6. The van der Waals surface area contributed by atoms with Crippen LogP contribution in [-0.2, 0) is 14.3 Å². The summed E-state index contributed by atoms with van der Waals surface area (Å²) < 4.78 is 171. The van der Waals surface area contributed by atoms with Gasteiger partial charge in [-0.25, -0.2) is 0 Å². The fourth-order valence-corrected chi connectivity index (χ4v) is 2.34. The molecule has 0 unspecified atom stereocenters. The third kappa shape index (κ3) is 6.00. The summed E-state index contributed by atoms with van der Waals surface area (Å²) in [7, 11) is 0. The van der Waals surface area contributed by atoms with Crippen LogP contribution in [0.3, 0.4) is 0 Å². The second-order valence-corrected chi connectivity index (χ2v) is 6.72. The Bertz CT molecular complexity index is 648. The molecule has 0 saturated heterocycles. The van der Waals surface area contributed by atoms with Gasteiger partial charge in [0.15, 0.2) is 0 Å². The highest BCUT2D eigenvalue weighted by Gasteiger charge is 2.90.